The summed E-state index contributed by atoms with van der Waals surface area (Å²) in [5, 5.41) is 0. The molecule has 0 aromatic rings. The third-order valence-electron chi connectivity index (χ3n) is 1.41. The Hall–Kier alpha value is 1.07. The van der Waals surface area contributed by atoms with Gasteiger partial charge in [0.25, 0.3) is 0 Å². The van der Waals surface area contributed by atoms with Crippen LogP contribution in [0.15, 0.2) is 0 Å². The van der Waals surface area contributed by atoms with E-state index in [4.69, 9.17) is 4.74 Å². The van der Waals surface area contributed by atoms with Crippen LogP contribution in [0.1, 0.15) is 26.7 Å². The summed E-state index contributed by atoms with van der Waals surface area (Å²) in [6.45, 7) is 1.02. The molecule has 1 nitrogen and oxygen atoms in total. The number of hydrogen-bond donors (Lipinski definition) is 0. The predicted molar refractivity (Wildman–Crippen MR) is 48.8 cm³/mol. The molecule has 1 heterocycles. The van der Waals surface area contributed by atoms with E-state index in [2.05, 4.69) is 0 Å². The maximum Gasteiger partial charge on any atom is 0.0465 e. The molecule has 0 aliphatic carbocycles. The molecule has 1 unspecified atom stereocenters. The molecule has 1 fully saturated rings. The van der Waals surface area contributed by atoms with E-state index < -0.39 is 0 Å². The van der Waals surface area contributed by atoms with Crippen molar-refractivity contribution in [1.29, 1.82) is 0 Å². The standard InChI is InChI=1S/C5H12OSi.CH4.Po.2H/c7-5-3-1-2-4-6-5;;;;/h5H,1-4H2,7H3;1H4;;;. The minimum absolute atomic E-state index is 0. The zero-order valence-electron chi connectivity index (χ0n) is 5.31. The van der Waals surface area contributed by atoms with Crippen molar-refractivity contribution in [2.45, 2.75) is 32.4 Å². The Morgan fingerprint density at radius 3 is 2.22 bits per heavy atom. The van der Waals surface area contributed by atoms with Gasteiger partial charge in [0.15, 0.2) is 0 Å². The average molecular weight is 343 g/mol. The molecule has 3 heteroatoms. The summed E-state index contributed by atoms with van der Waals surface area (Å²) in [4.78, 5) is 0. The van der Waals surface area contributed by atoms with E-state index >= 15 is 0 Å². The predicted octanol–water partition coefficient (Wildman–Crippen LogP) is -0.402. The van der Waals surface area contributed by atoms with Crippen molar-refractivity contribution in [1.82, 2.24) is 0 Å². The van der Waals surface area contributed by atoms with Gasteiger partial charge in [0, 0.05) is 22.6 Å². The molecule has 0 bridgehead atoms. The van der Waals surface area contributed by atoms with Crippen molar-refractivity contribution in [3.63, 3.8) is 0 Å². The Morgan fingerprint density at radius 1 is 1.33 bits per heavy atom. The van der Waals surface area contributed by atoms with E-state index in [0.29, 0.717) is 5.73 Å². The maximum atomic E-state index is 5.34. The number of ether oxygens (including phenoxy) is 1. The van der Waals surface area contributed by atoms with E-state index in [-0.39, 0.29) is 34.0 Å². The second-order valence-electron chi connectivity index (χ2n) is 2.18. The van der Waals surface area contributed by atoms with E-state index in [9.17, 15) is 0 Å². The second-order valence-corrected chi connectivity index (χ2v) is 3.47. The van der Waals surface area contributed by atoms with Gasteiger partial charge in [-0.2, -0.15) is 0 Å². The van der Waals surface area contributed by atoms with Crippen LogP contribution in [-0.2, 0) is 4.74 Å². The van der Waals surface area contributed by atoms with Crippen molar-refractivity contribution < 1.29 is 4.74 Å². The van der Waals surface area contributed by atoms with E-state index in [1.807, 2.05) is 0 Å². The van der Waals surface area contributed by atoms with E-state index in [1.54, 1.807) is 0 Å². The monoisotopic (exact) mass is 343 g/mol. The van der Waals surface area contributed by atoms with E-state index in [0.717, 1.165) is 6.61 Å². The van der Waals surface area contributed by atoms with Gasteiger partial charge in [-0.05, 0) is 19.3 Å². The molecule has 0 amide bonds. The van der Waals surface area contributed by atoms with Crippen LogP contribution in [0.25, 0.3) is 0 Å². The Kier molecular flexibility index (Phi) is 10.2. The molecule has 0 saturated carbocycles. The fourth-order valence-electron chi connectivity index (χ4n) is 0.902. The molecular formula is C6H18OPoSi. The summed E-state index contributed by atoms with van der Waals surface area (Å²) in [6.07, 6.45) is 4.01. The van der Waals surface area contributed by atoms with Gasteiger partial charge in [0.2, 0.25) is 0 Å². The average Bonchev–Trinajstić information content (AvgIpc) is 1.69. The molecule has 1 atom stereocenters. The van der Waals surface area contributed by atoms with Crippen LogP contribution in [0, 0.1) is 0 Å². The summed E-state index contributed by atoms with van der Waals surface area (Å²) >= 11 is 0. The van der Waals surface area contributed by atoms with Crippen molar-refractivity contribution in [2.24, 2.45) is 0 Å². The van der Waals surface area contributed by atoms with Gasteiger partial charge in [-0.1, -0.05) is 7.43 Å². The molecule has 1 aliphatic heterocycles. The molecule has 0 aromatic heterocycles. The van der Waals surface area contributed by atoms with Crippen molar-refractivity contribution in [3.8, 4) is 0 Å². The zero-order valence-corrected chi connectivity index (χ0v) is 11.2. The molecule has 0 N–H and O–H groups in total. The fraction of sp³-hybridized carbons (Fsp3) is 1.00. The normalized spacial score (nSPS) is 26.0. The molecule has 1 rings (SSSR count). The first-order valence-corrected chi connectivity index (χ1v) is 4.16. The molecule has 0 aromatic carbocycles. The Morgan fingerprint density at radius 2 is 2.00 bits per heavy atom. The topological polar surface area (TPSA) is 9.23 Å². The minimum atomic E-state index is 0. The summed E-state index contributed by atoms with van der Waals surface area (Å²) in [5.41, 5.74) is 0.675. The molecule has 1 aliphatic rings. The first-order valence-electron chi connectivity index (χ1n) is 3.01. The Bertz CT molecular complexity index is 55.0. The van der Waals surface area contributed by atoms with E-state index in [1.165, 1.54) is 29.5 Å². The zero-order chi connectivity index (χ0) is 5.11. The van der Waals surface area contributed by atoms with Gasteiger partial charge >= 0.3 is 26.6 Å². The second kappa shape index (κ2) is 7.18. The molecule has 1 saturated heterocycles. The smallest absolute Gasteiger partial charge is 0.0465 e. The summed E-state index contributed by atoms with van der Waals surface area (Å²) in [6, 6.07) is 0. The van der Waals surface area contributed by atoms with Crippen LogP contribution in [0.4, 0.5) is 0 Å². The Labute approximate surface area is 80.4 Å². The van der Waals surface area contributed by atoms with Crippen molar-refractivity contribution in [3.05, 3.63) is 0 Å². The molecule has 58 valence electrons. The third-order valence-corrected chi connectivity index (χ3v) is 2.32. The van der Waals surface area contributed by atoms with Gasteiger partial charge in [-0.3, -0.25) is 0 Å². The first-order chi connectivity index (χ1) is 3.39. The van der Waals surface area contributed by atoms with Crippen LogP contribution in [0.5, 0.6) is 0 Å². The number of hydrogen-bond acceptors (Lipinski definition) is 1. The molecule has 0 spiro atoms. The first kappa shape index (κ1) is 12.7. The SMILES string of the molecule is C.[PoH2].[SiH3]C1CCCCO1. The Balaban J connectivity index is 0. The van der Waals surface area contributed by atoms with Crippen LogP contribution in [0.3, 0.4) is 0 Å². The van der Waals surface area contributed by atoms with Gasteiger partial charge < -0.3 is 4.74 Å². The number of rotatable bonds is 0. The fourth-order valence-corrected chi connectivity index (χ4v) is 1.55. The maximum absolute atomic E-state index is 5.34. The molecule has 9 heavy (non-hydrogen) atoms. The summed E-state index contributed by atoms with van der Waals surface area (Å²) < 4.78 is 5.34. The van der Waals surface area contributed by atoms with Gasteiger partial charge in [-0.25, -0.2) is 0 Å². The van der Waals surface area contributed by atoms with Gasteiger partial charge in [-0.15, -0.1) is 0 Å². The summed E-state index contributed by atoms with van der Waals surface area (Å²) in [7, 11) is 1.23. The molecular weight excluding hydrogens is 325 g/mol. The van der Waals surface area contributed by atoms with Crippen molar-refractivity contribution >= 4 is 36.8 Å². The quantitative estimate of drug-likeness (QED) is 0.544. The van der Waals surface area contributed by atoms with Crippen molar-refractivity contribution in [2.75, 3.05) is 6.61 Å². The largest absolute Gasteiger partial charge is 0.383 e. The van der Waals surface area contributed by atoms with Crippen LogP contribution >= 0.6 is 0 Å². The van der Waals surface area contributed by atoms with Gasteiger partial charge in [0.1, 0.15) is 0 Å². The minimum Gasteiger partial charge on any atom is -0.383 e. The summed E-state index contributed by atoms with van der Waals surface area (Å²) in [5.74, 6) is 0. The van der Waals surface area contributed by atoms with Gasteiger partial charge in [0.05, 0.1) is 0 Å². The van der Waals surface area contributed by atoms with Crippen LogP contribution < -0.4 is 0 Å². The third kappa shape index (κ3) is 5.51. The van der Waals surface area contributed by atoms with Crippen LogP contribution in [0.2, 0.25) is 0 Å². The van der Waals surface area contributed by atoms with Crippen LogP contribution in [-0.4, -0.2) is 49.1 Å². The molecule has 0 radical (unpaired) electrons.